The van der Waals surface area contributed by atoms with Gasteiger partial charge < -0.3 is 10.1 Å². The second kappa shape index (κ2) is 8.73. The summed E-state index contributed by atoms with van der Waals surface area (Å²) >= 11 is 0. The monoisotopic (exact) mass is 446 g/mol. The molecule has 6 nitrogen and oxygen atoms in total. The zero-order chi connectivity index (χ0) is 22.8. The van der Waals surface area contributed by atoms with Crippen LogP contribution >= 0.6 is 0 Å². The van der Waals surface area contributed by atoms with Crippen molar-refractivity contribution in [3.8, 4) is 5.75 Å². The number of aryl methyl sites for hydroxylation is 1. The van der Waals surface area contributed by atoms with Gasteiger partial charge in [0, 0.05) is 12.6 Å². The smallest absolute Gasteiger partial charge is 0.264 e. The fourth-order valence-electron chi connectivity index (χ4n) is 2.98. The Kier molecular flexibility index (Phi) is 6.26. The number of para-hydroxylation sites is 3. The number of anilines is 2. The number of carbonyl (C=O) groups excluding carboxylic acids is 1. The van der Waals surface area contributed by atoms with Crippen molar-refractivity contribution in [1.29, 1.82) is 0 Å². The van der Waals surface area contributed by atoms with E-state index in [1.807, 2.05) is 0 Å². The molecule has 0 bridgehead atoms. The SMILES string of the molecule is COc1ccccc1N(C)S(=O)(=O)c1ccc(C)c(C(=O)Nc2c(F)cccc2F)c1. The second-order valence-electron chi connectivity index (χ2n) is 6.67. The third-order valence-electron chi connectivity index (χ3n) is 4.74. The Hall–Kier alpha value is -3.46. The van der Waals surface area contributed by atoms with Gasteiger partial charge in [0.05, 0.1) is 17.7 Å². The molecule has 0 aliphatic rings. The zero-order valence-corrected chi connectivity index (χ0v) is 17.8. The zero-order valence-electron chi connectivity index (χ0n) is 17.0. The van der Waals surface area contributed by atoms with Crippen LogP contribution in [0, 0.1) is 18.6 Å². The number of benzene rings is 3. The Labute approximate surface area is 179 Å². The Bertz CT molecular complexity index is 1230. The van der Waals surface area contributed by atoms with E-state index in [1.54, 1.807) is 31.2 Å². The summed E-state index contributed by atoms with van der Waals surface area (Å²) in [5, 5.41) is 2.18. The maximum absolute atomic E-state index is 13.9. The van der Waals surface area contributed by atoms with Gasteiger partial charge in [0.25, 0.3) is 15.9 Å². The standard InChI is InChI=1S/C22H20F2N2O4S/c1-14-11-12-15(31(28,29)26(2)19-9-4-5-10-20(19)30-3)13-16(14)22(27)25-21-17(23)7-6-8-18(21)24/h4-13H,1-3H3,(H,25,27). The molecule has 0 spiro atoms. The van der Waals surface area contributed by atoms with Crippen LogP contribution in [0.3, 0.4) is 0 Å². The molecule has 0 aromatic heterocycles. The number of methoxy groups -OCH3 is 1. The number of rotatable bonds is 6. The second-order valence-corrected chi connectivity index (χ2v) is 8.64. The van der Waals surface area contributed by atoms with Crippen LogP contribution in [0.4, 0.5) is 20.2 Å². The summed E-state index contributed by atoms with van der Waals surface area (Å²) in [5.41, 5.74) is 0.113. The lowest BCUT2D eigenvalue weighted by molar-refractivity contribution is 0.102. The first-order valence-electron chi connectivity index (χ1n) is 9.14. The fourth-order valence-corrected chi connectivity index (χ4v) is 4.21. The summed E-state index contributed by atoms with van der Waals surface area (Å²) in [7, 11) is -1.27. The number of carbonyl (C=O) groups is 1. The van der Waals surface area contributed by atoms with Gasteiger partial charge in [-0.3, -0.25) is 9.10 Å². The van der Waals surface area contributed by atoms with E-state index in [1.165, 1.54) is 38.4 Å². The van der Waals surface area contributed by atoms with Gasteiger partial charge >= 0.3 is 0 Å². The lowest BCUT2D eigenvalue weighted by atomic mass is 10.1. The molecule has 0 atom stereocenters. The normalized spacial score (nSPS) is 11.1. The largest absolute Gasteiger partial charge is 0.495 e. The highest BCUT2D eigenvalue weighted by Gasteiger charge is 2.25. The number of ether oxygens (including phenoxy) is 1. The Morgan fingerprint density at radius 3 is 2.29 bits per heavy atom. The highest BCUT2D eigenvalue weighted by atomic mass is 32.2. The van der Waals surface area contributed by atoms with Crippen LogP contribution < -0.4 is 14.4 Å². The predicted octanol–water partition coefficient (Wildman–Crippen LogP) is 4.36. The van der Waals surface area contributed by atoms with E-state index < -0.39 is 33.3 Å². The van der Waals surface area contributed by atoms with Crippen LogP contribution in [0.1, 0.15) is 15.9 Å². The summed E-state index contributed by atoms with van der Waals surface area (Å²) in [6, 6.07) is 13.8. The van der Waals surface area contributed by atoms with E-state index in [0.29, 0.717) is 17.0 Å². The summed E-state index contributed by atoms with van der Waals surface area (Å²) < 4.78 is 60.4. The first-order chi connectivity index (χ1) is 14.7. The minimum absolute atomic E-state index is 0.0304. The molecule has 1 amide bonds. The van der Waals surface area contributed by atoms with E-state index in [9.17, 15) is 22.0 Å². The highest BCUT2D eigenvalue weighted by Crippen LogP contribution is 2.31. The molecular formula is C22H20F2N2O4S. The van der Waals surface area contributed by atoms with Gasteiger partial charge in [-0.1, -0.05) is 24.3 Å². The summed E-state index contributed by atoms with van der Waals surface area (Å²) in [6.45, 7) is 1.59. The maximum Gasteiger partial charge on any atom is 0.264 e. The van der Waals surface area contributed by atoms with Gasteiger partial charge in [-0.25, -0.2) is 17.2 Å². The van der Waals surface area contributed by atoms with Crippen molar-refractivity contribution in [2.75, 3.05) is 23.8 Å². The number of halogens is 2. The number of nitrogens with one attached hydrogen (secondary N) is 1. The molecule has 9 heteroatoms. The average molecular weight is 446 g/mol. The molecule has 0 heterocycles. The van der Waals surface area contributed by atoms with Crippen molar-refractivity contribution in [1.82, 2.24) is 0 Å². The Morgan fingerprint density at radius 1 is 1.00 bits per heavy atom. The average Bonchev–Trinajstić information content (AvgIpc) is 2.75. The minimum Gasteiger partial charge on any atom is -0.495 e. The number of amides is 1. The van der Waals surface area contributed by atoms with Gasteiger partial charge in [-0.2, -0.15) is 0 Å². The van der Waals surface area contributed by atoms with Crippen molar-refractivity contribution in [3.05, 3.63) is 83.4 Å². The van der Waals surface area contributed by atoms with Crippen LogP contribution in [0.5, 0.6) is 5.75 Å². The van der Waals surface area contributed by atoms with Gasteiger partial charge in [-0.05, 0) is 48.9 Å². The number of hydrogen-bond donors (Lipinski definition) is 1. The molecule has 0 saturated carbocycles. The van der Waals surface area contributed by atoms with Gasteiger partial charge in [0.1, 0.15) is 23.1 Å². The first-order valence-corrected chi connectivity index (χ1v) is 10.6. The van der Waals surface area contributed by atoms with E-state index in [0.717, 1.165) is 16.4 Å². The molecule has 3 aromatic carbocycles. The molecular weight excluding hydrogens is 426 g/mol. The molecule has 3 rings (SSSR count). The molecule has 0 aliphatic carbocycles. The van der Waals surface area contributed by atoms with E-state index in [-0.39, 0.29) is 10.5 Å². The molecule has 0 unspecified atom stereocenters. The predicted molar refractivity (Wildman–Crippen MR) is 114 cm³/mol. The fraction of sp³-hybridized carbons (Fsp3) is 0.136. The molecule has 3 aromatic rings. The number of sulfonamides is 1. The van der Waals surface area contributed by atoms with E-state index in [2.05, 4.69) is 5.32 Å². The van der Waals surface area contributed by atoms with Crippen LogP contribution in [0.25, 0.3) is 0 Å². The Morgan fingerprint density at radius 2 is 1.65 bits per heavy atom. The van der Waals surface area contributed by atoms with Gasteiger partial charge in [0.15, 0.2) is 0 Å². The summed E-state index contributed by atoms with van der Waals surface area (Å²) in [6.07, 6.45) is 0. The van der Waals surface area contributed by atoms with Crippen molar-refractivity contribution < 1.29 is 26.7 Å². The molecule has 0 aliphatic heterocycles. The third kappa shape index (κ3) is 4.36. The minimum atomic E-state index is -4.06. The van der Waals surface area contributed by atoms with Gasteiger partial charge in [-0.15, -0.1) is 0 Å². The molecule has 31 heavy (non-hydrogen) atoms. The van der Waals surface area contributed by atoms with Crippen molar-refractivity contribution >= 4 is 27.3 Å². The van der Waals surface area contributed by atoms with Gasteiger partial charge in [0.2, 0.25) is 0 Å². The molecule has 0 saturated heterocycles. The Balaban J connectivity index is 1.99. The van der Waals surface area contributed by atoms with Crippen LogP contribution in [-0.2, 0) is 10.0 Å². The molecule has 162 valence electrons. The highest BCUT2D eigenvalue weighted by molar-refractivity contribution is 7.92. The van der Waals surface area contributed by atoms with E-state index in [4.69, 9.17) is 4.74 Å². The summed E-state index contributed by atoms with van der Waals surface area (Å²) in [4.78, 5) is 12.5. The van der Waals surface area contributed by atoms with Crippen molar-refractivity contribution in [3.63, 3.8) is 0 Å². The molecule has 0 fully saturated rings. The van der Waals surface area contributed by atoms with Crippen LogP contribution in [0.15, 0.2) is 65.6 Å². The number of hydrogen-bond acceptors (Lipinski definition) is 4. The molecule has 0 radical (unpaired) electrons. The van der Waals surface area contributed by atoms with Crippen molar-refractivity contribution in [2.24, 2.45) is 0 Å². The van der Waals surface area contributed by atoms with E-state index >= 15 is 0 Å². The summed E-state index contributed by atoms with van der Waals surface area (Å²) in [5.74, 6) is -2.36. The van der Waals surface area contributed by atoms with Crippen molar-refractivity contribution in [2.45, 2.75) is 11.8 Å². The first kappa shape index (κ1) is 22.2. The van der Waals surface area contributed by atoms with Crippen LogP contribution in [-0.4, -0.2) is 28.5 Å². The lowest BCUT2D eigenvalue weighted by Gasteiger charge is -2.22. The quantitative estimate of drug-likeness (QED) is 0.611. The lowest BCUT2D eigenvalue weighted by Crippen LogP contribution is -2.27. The third-order valence-corrected chi connectivity index (χ3v) is 6.51. The van der Waals surface area contributed by atoms with Crippen LogP contribution in [0.2, 0.25) is 0 Å². The number of nitrogens with zero attached hydrogens (tertiary/aromatic N) is 1. The maximum atomic E-state index is 13.9. The topological polar surface area (TPSA) is 75.7 Å². The molecule has 1 N–H and O–H groups in total.